The van der Waals surface area contributed by atoms with Gasteiger partial charge in [0.15, 0.2) is 0 Å². The second-order valence-corrected chi connectivity index (χ2v) is 5.36. The van der Waals surface area contributed by atoms with Crippen molar-refractivity contribution in [3.05, 3.63) is 0 Å². The topological polar surface area (TPSA) is 39.1 Å². The maximum Gasteiger partial charge on any atom is 0.108 e. The molecule has 3 heteroatoms. The van der Waals surface area contributed by atoms with Crippen LogP contribution in [0.1, 0.15) is 45.4 Å². The molecule has 1 unspecified atom stereocenters. The second kappa shape index (κ2) is 8.49. The average molecular weight is 237 g/mol. The van der Waals surface area contributed by atoms with Crippen molar-refractivity contribution in [2.24, 2.45) is 5.92 Å². The van der Waals surface area contributed by atoms with Gasteiger partial charge in [-0.25, -0.2) is 0 Å². The monoisotopic (exact) mass is 237 g/mol. The van der Waals surface area contributed by atoms with Gasteiger partial charge in [-0.1, -0.05) is 26.2 Å². The number of nitrogens with zero attached hydrogens (tertiary/aromatic N) is 2. The van der Waals surface area contributed by atoms with Crippen LogP contribution in [0.4, 0.5) is 0 Å². The first-order chi connectivity index (χ1) is 8.26. The van der Waals surface area contributed by atoms with Gasteiger partial charge in [-0.05, 0) is 38.8 Å². The van der Waals surface area contributed by atoms with Crippen molar-refractivity contribution in [3.63, 3.8) is 0 Å². The number of hydrogen-bond acceptors (Lipinski definition) is 3. The summed E-state index contributed by atoms with van der Waals surface area (Å²) in [6.45, 7) is 5.08. The van der Waals surface area contributed by atoms with E-state index < -0.39 is 0 Å². The van der Waals surface area contributed by atoms with Gasteiger partial charge in [0.2, 0.25) is 0 Å². The average Bonchev–Trinajstić information content (AvgIpc) is 2.35. The number of hydrogen-bond donors (Lipinski definition) is 1. The van der Waals surface area contributed by atoms with Crippen LogP contribution in [0.25, 0.3) is 0 Å². The molecule has 98 valence electrons. The fourth-order valence-electron chi connectivity index (χ4n) is 2.67. The van der Waals surface area contributed by atoms with Gasteiger partial charge in [0.1, 0.15) is 6.04 Å². The highest BCUT2D eigenvalue weighted by Gasteiger charge is 2.17. The summed E-state index contributed by atoms with van der Waals surface area (Å²) in [6, 6.07) is 2.34. The molecule has 1 saturated carbocycles. The SMILES string of the molecule is CCCNC(C#N)CN(C)CC1CCCCC1. The molecule has 1 aliphatic carbocycles. The minimum Gasteiger partial charge on any atom is -0.303 e. The highest BCUT2D eigenvalue weighted by atomic mass is 15.1. The summed E-state index contributed by atoms with van der Waals surface area (Å²) in [6.07, 6.45) is 8.06. The highest BCUT2D eigenvalue weighted by molar-refractivity contribution is 4.91. The zero-order valence-corrected chi connectivity index (χ0v) is 11.4. The highest BCUT2D eigenvalue weighted by Crippen LogP contribution is 2.23. The molecule has 1 rings (SSSR count). The van der Waals surface area contributed by atoms with Crippen LogP contribution in [-0.2, 0) is 0 Å². The van der Waals surface area contributed by atoms with E-state index in [4.69, 9.17) is 5.26 Å². The lowest BCUT2D eigenvalue weighted by atomic mass is 9.89. The second-order valence-electron chi connectivity index (χ2n) is 5.36. The van der Waals surface area contributed by atoms with E-state index in [0.717, 1.165) is 32.0 Å². The molecule has 0 aromatic rings. The van der Waals surface area contributed by atoms with Gasteiger partial charge in [0, 0.05) is 13.1 Å². The maximum absolute atomic E-state index is 9.07. The number of nitriles is 1. The predicted octanol–water partition coefficient (Wildman–Crippen LogP) is 2.39. The van der Waals surface area contributed by atoms with E-state index in [1.807, 2.05) is 0 Å². The molecule has 1 atom stereocenters. The Morgan fingerprint density at radius 1 is 1.35 bits per heavy atom. The van der Waals surface area contributed by atoms with E-state index in [9.17, 15) is 0 Å². The minimum absolute atomic E-state index is 0.0106. The van der Waals surface area contributed by atoms with Crippen LogP contribution >= 0.6 is 0 Å². The third-order valence-electron chi connectivity index (χ3n) is 3.59. The van der Waals surface area contributed by atoms with Crippen molar-refractivity contribution in [3.8, 4) is 6.07 Å². The maximum atomic E-state index is 9.07. The van der Waals surface area contributed by atoms with Gasteiger partial charge in [-0.15, -0.1) is 0 Å². The molecule has 17 heavy (non-hydrogen) atoms. The predicted molar refractivity (Wildman–Crippen MR) is 71.8 cm³/mol. The van der Waals surface area contributed by atoms with Crippen LogP contribution in [-0.4, -0.2) is 37.6 Å². The van der Waals surface area contributed by atoms with Gasteiger partial charge in [-0.3, -0.25) is 0 Å². The number of likely N-dealkylation sites (N-methyl/N-ethyl adjacent to an activating group) is 1. The standard InChI is InChI=1S/C14H27N3/c1-3-9-16-14(10-15)12-17(2)11-13-7-5-4-6-8-13/h13-14,16H,3-9,11-12H2,1-2H3. The molecule has 0 spiro atoms. The lowest BCUT2D eigenvalue weighted by molar-refractivity contribution is 0.225. The molecule has 0 bridgehead atoms. The van der Waals surface area contributed by atoms with Crippen molar-refractivity contribution in [2.75, 3.05) is 26.7 Å². The third-order valence-corrected chi connectivity index (χ3v) is 3.59. The first-order valence-electron chi connectivity index (χ1n) is 7.07. The minimum atomic E-state index is -0.0106. The molecule has 0 aliphatic heterocycles. The van der Waals surface area contributed by atoms with Crippen LogP contribution < -0.4 is 5.32 Å². The number of rotatable bonds is 7. The summed E-state index contributed by atoms with van der Waals surface area (Å²) >= 11 is 0. The fourth-order valence-corrected chi connectivity index (χ4v) is 2.67. The molecule has 0 aromatic heterocycles. The fraction of sp³-hybridized carbons (Fsp3) is 0.929. The summed E-state index contributed by atoms with van der Waals surface area (Å²) in [5.41, 5.74) is 0. The Labute approximate surface area is 106 Å². The van der Waals surface area contributed by atoms with Crippen LogP contribution in [0.2, 0.25) is 0 Å². The Balaban J connectivity index is 2.21. The molecule has 0 radical (unpaired) electrons. The summed E-state index contributed by atoms with van der Waals surface area (Å²) in [7, 11) is 2.15. The van der Waals surface area contributed by atoms with Gasteiger partial charge >= 0.3 is 0 Å². The molecular weight excluding hydrogens is 210 g/mol. The Bertz CT molecular complexity index is 228. The zero-order valence-electron chi connectivity index (χ0n) is 11.4. The van der Waals surface area contributed by atoms with E-state index >= 15 is 0 Å². The van der Waals surface area contributed by atoms with Gasteiger partial charge in [0.25, 0.3) is 0 Å². The molecule has 1 N–H and O–H groups in total. The molecule has 0 aromatic carbocycles. The number of nitrogens with one attached hydrogen (secondary N) is 1. The third kappa shape index (κ3) is 6.05. The summed E-state index contributed by atoms with van der Waals surface area (Å²) < 4.78 is 0. The Kier molecular flexibility index (Phi) is 7.23. The zero-order chi connectivity index (χ0) is 12.5. The molecule has 0 heterocycles. The molecular formula is C14H27N3. The van der Waals surface area contributed by atoms with E-state index in [1.54, 1.807) is 0 Å². The summed E-state index contributed by atoms with van der Waals surface area (Å²) in [5, 5.41) is 12.4. The first kappa shape index (κ1) is 14.5. The van der Waals surface area contributed by atoms with E-state index in [1.165, 1.54) is 32.1 Å². The van der Waals surface area contributed by atoms with Crippen LogP contribution in [0.5, 0.6) is 0 Å². The van der Waals surface area contributed by atoms with Gasteiger partial charge in [0.05, 0.1) is 6.07 Å². The van der Waals surface area contributed by atoms with Crippen LogP contribution in [0.3, 0.4) is 0 Å². The Morgan fingerprint density at radius 2 is 2.06 bits per heavy atom. The van der Waals surface area contributed by atoms with Gasteiger partial charge < -0.3 is 10.2 Å². The Morgan fingerprint density at radius 3 is 2.65 bits per heavy atom. The summed E-state index contributed by atoms with van der Waals surface area (Å²) in [4.78, 5) is 2.33. The molecule has 3 nitrogen and oxygen atoms in total. The van der Waals surface area contributed by atoms with Crippen LogP contribution in [0, 0.1) is 17.2 Å². The van der Waals surface area contributed by atoms with Crippen molar-refractivity contribution in [1.82, 2.24) is 10.2 Å². The van der Waals surface area contributed by atoms with Crippen molar-refractivity contribution in [2.45, 2.75) is 51.5 Å². The molecule has 1 fully saturated rings. The van der Waals surface area contributed by atoms with Crippen molar-refractivity contribution in [1.29, 1.82) is 5.26 Å². The lowest BCUT2D eigenvalue weighted by Crippen LogP contribution is -2.40. The normalized spacial score (nSPS) is 19.2. The largest absolute Gasteiger partial charge is 0.303 e. The van der Waals surface area contributed by atoms with Gasteiger partial charge in [-0.2, -0.15) is 5.26 Å². The van der Waals surface area contributed by atoms with E-state index in [0.29, 0.717) is 0 Å². The van der Waals surface area contributed by atoms with E-state index in [-0.39, 0.29) is 6.04 Å². The first-order valence-corrected chi connectivity index (χ1v) is 7.07. The van der Waals surface area contributed by atoms with Crippen LogP contribution in [0.15, 0.2) is 0 Å². The summed E-state index contributed by atoms with van der Waals surface area (Å²) in [5.74, 6) is 0.860. The van der Waals surface area contributed by atoms with E-state index in [2.05, 4.69) is 30.3 Å². The lowest BCUT2D eigenvalue weighted by Gasteiger charge is -2.28. The molecule has 0 amide bonds. The smallest absolute Gasteiger partial charge is 0.108 e. The van der Waals surface area contributed by atoms with Crippen molar-refractivity contribution < 1.29 is 0 Å². The molecule has 1 aliphatic rings. The Hall–Kier alpha value is -0.590. The quantitative estimate of drug-likeness (QED) is 0.739. The van der Waals surface area contributed by atoms with Crippen molar-refractivity contribution >= 4 is 0 Å². The molecule has 0 saturated heterocycles.